The topological polar surface area (TPSA) is 84.1 Å². The van der Waals surface area contributed by atoms with Gasteiger partial charge >= 0.3 is 5.97 Å². The number of nitrogens with zero attached hydrogens (tertiary/aromatic N) is 5. The number of halogens is 2. The van der Waals surface area contributed by atoms with Crippen LogP contribution in [0.4, 0.5) is 4.39 Å². The van der Waals surface area contributed by atoms with E-state index in [4.69, 9.17) is 26.1 Å². The Labute approximate surface area is 226 Å². The second-order valence-corrected chi connectivity index (χ2v) is 10.8. The van der Waals surface area contributed by atoms with Gasteiger partial charge in [-0.15, -0.1) is 0 Å². The second-order valence-electron chi connectivity index (χ2n) is 10.3. The van der Waals surface area contributed by atoms with Gasteiger partial charge in [-0.25, -0.2) is 14.2 Å². The van der Waals surface area contributed by atoms with Gasteiger partial charge in [0.05, 0.1) is 30.0 Å². The first-order valence-electron chi connectivity index (χ1n) is 12.5. The van der Waals surface area contributed by atoms with Crippen molar-refractivity contribution in [2.75, 3.05) is 6.61 Å². The Morgan fingerprint density at radius 3 is 2.50 bits per heavy atom. The number of carbonyl (C=O) groups excluding carboxylic acids is 1. The lowest BCUT2D eigenvalue weighted by atomic mass is 9.93. The van der Waals surface area contributed by atoms with Gasteiger partial charge in [0.25, 0.3) is 0 Å². The summed E-state index contributed by atoms with van der Waals surface area (Å²) in [5.41, 5.74) is 4.21. The summed E-state index contributed by atoms with van der Waals surface area (Å²) in [6, 6.07) is 1.22. The molecule has 0 aliphatic carbocycles. The molecule has 38 heavy (non-hydrogen) atoms. The molecular weight excluding hydrogens is 509 g/mol. The van der Waals surface area contributed by atoms with E-state index in [9.17, 15) is 4.79 Å². The Balaban J connectivity index is 2.11. The summed E-state index contributed by atoms with van der Waals surface area (Å²) < 4.78 is 31.1. The molecule has 0 aliphatic rings. The smallest absolute Gasteiger partial charge is 0.340 e. The van der Waals surface area contributed by atoms with Gasteiger partial charge in [0.2, 0.25) is 0 Å². The largest absolute Gasteiger partial charge is 0.464 e. The molecule has 8 nitrogen and oxygen atoms in total. The van der Waals surface area contributed by atoms with Gasteiger partial charge < -0.3 is 14.0 Å². The van der Waals surface area contributed by atoms with Crippen LogP contribution in [0.15, 0.2) is 24.7 Å². The molecule has 4 aromatic rings. The fourth-order valence-electron chi connectivity index (χ4n) is 4.69. The SMILES string of the molecule is CCOC(=O)[C@@H](OC(C)(C)C)c1c(C)nc2c(c(C)c(C)n2Cc2cnn(C)c2)c1-c1ncc(Cl)cc1F. The zero-order valence-corrected chi connectivity index (χ0v) is 23.8. The predicted octanol–water partition coefficient (Wildman–Crippen LogP) is 6.02. The average molecular weight is 542 g/mol. The summed E-state index contributed by atoms with van der Waals surface area (Å²) in [7, 11) is 1.86. The first-order chi connectivity index (χ1) is 17.8. The van der Waals surface area contributed by atoms with E-state index in [0.29, 0.717) is 34.4 Å². The highest BCUT2D eigenvalue weighted by Crippen LogP contribution is 2.42. The number of ether oxygens (including phenoxy) is 2. The van der Waals surface area contributed by atoms with Gasteiger partial charge in [-0.2, -0.15) is 5.10 Å². The lowest BCUT2D eigenvalue weighted by molar-refractivity contribution is -0.166. The molecular formula is C28H33ClFN5O3. The molecule has 0 unspecified atom stereocenters. The van der Waals surface area contributed by atoms with Crippen LogP contribution in [-0.4, -0.2) is 42.5 Å². The number of fused-ring (bicyclic) bond motifs is 1. The Hall–Kier alpha value is -3.30. The van der Waals surface area contributed by atoms with Crippen LogP contribution in [0.1, 0.15) is 61.9 Å². The highest BCUT2D eigenvalue weighted by Gasteiger charge is 2.35. The molecule has 4 heterocycles. The standard InChI is InChI=1S/C28H33ClFN5O3/c1-9-37-27(36)25(38-28(5,6)7)22-16(3)33-26-21(23(22)24-20(30)10-19(29)12-31-24)15(2)17(4)35(26)14-18-11-32-34(8)13-18/h10-13,25H,9,14H2,1-8H3/t25-/m0/s1. The first-order valence-corrected chi connectivity index (χ1v) is 12.8. The third kappa shape index (κ3) is 5.31. The number of pyridine rings is 2. The van der Waals surface area contributed by atoms with Crippen molar-refractivity contribution in [3.8, 4) is 11.3 Å². The van der Waals surface area contributed by atoms with Crippen molar-refractivity contribution < 1.29 is 18.7 Å². The molecule has 0 spiro atoms. The molecule has 0 aromatic carbocycles. The maximum Gasteiger partial charge on any atom is 0.340 e. The third-order valence-corrected chi connectivity index (χ3v) is 6.57. The van der Waals surface area contributed by atoms with E-state index in [1.807, 2.05) is 47.9 Å². The highest BCUT2D eigenvalue weighted by molar-refractivity contribution is 6.30. The van der Waals surface area contributed by atoms with Crippen LogP contribution in [0.5, 0.6) is 0 Å². The van der Waals surface area contributed by atoms with Crippen molar-refractivity contribution in [3.05, 3.63) is 63.6 Å². The normalized spacial score (nSPS) is 12.8. The van der Waals surface area contributed by atoms with E-state index < -0.39 is 23.5 Å². The zero-order valence-electron chi connectivity index (χ0n) is 23.0. The van der Waals surface area contributed by atoms with Crippen molar-refractivity contribution in [2.45, 2.75) is 66.7 Å². The summed E-state index contributed by atoms with van der Waals surface area (Å²) in [5.74, 6) is -1.19. The summed E-state index contributed by atoms with van der Waals surface area (Å²) in [4.78, 5) is 22.7. The second kappa shape index (κ2) is 10.5. The fourth-order valence-corrected chi connectivity index (χ4v) is 4.83. The number of hydrogen-bond donors (Lipinski definition) is 0. The molecule has 10 heteroatoms. The van der Waals surface area contributed by atoms with E-state index in [1.165, 1.54) is 12.3 Å². The van der Waals surface area contributed by atoms with Crippen LogP contribution < -0.4 is 0 Å². The van der Waals surface area contributed by atoms with Gasteiger partial charge in [-0.05, 0) is 60.1 Å². The van der Waals surface area contributed by atoms with E-state index in [2.05, 4.69) is 14.6 Å². The summed E-state index contributed by atoms with van der Waals surface area (Å²) in [5, 5.41) is 5.14. The Morgan fingerprint density at radius 1 is 1.21 bits per heavy atom. The van der Waals surface area contributed by atoms with Crippen molar-refractivity contribution >= 4 is 28.6 Å². The summed E-state index contributed by atoms with van der Waals surface area (Å²) >= 11 is 6.06. The van der Waals surface area contributed by atoms with Crippen molar-refractivity contribution in [1.29, 1.82) is 0 Å². The number of carbonyl (C=O) groups is 1. The van der Waals surface area contributed by atoms with E-state index in [-0.39, 0.29) is 17.3 Å². The Kier molecular flexibility index (Phi) is 7.63. The predicted molar refractivity (Wildman–Crippen MR) is 145 cm³/mol. The lowest BCUT2D eigenvalue weighted by Crippen LogP contribution is -2.30. The zero-order chi connectivity index (χ0) is 27.9. The van der Waals surface area contributed by atoms with E-state index >= 15 is 4.39 Å². The van der Waals surface area contributed by atoms with Crippen molar-refractivity contribution in [1.82, 2.24) is 24.3 Å². The molecule has 0 saturated heterocycles. The minimum atomic E-state index is -1.15. The fraction of sp³-hybridized carbons (Fsp3) is 0.429. The average Bonchev–Trinajstić information content (AvgIpc) is 3.33. The highest BCUT2D eigenvalue weighted by atomic mass is 35.5. The van der Waals surface area contributed by atoms with Gasteiger partial charge in [0.1, 0.15) is 11.3 Å². The molecule has 0 N–H and O–H groups in total. The van der Waals surface area contributed by atoms with Gasteiger partial charge in [0, 0.05) is 52.9 Å². The Bertz CT molecular complexity index is 1520. The number of esters is 1. The van der Waals surface area contributed by atoms with E-state index in [0.717, 1.165) is 16.8 Å². The number of aromatic nitrogens is 5. The van der Waals surface area contributed by atoms with Crippen LogP contribution in [0, 0.1) is 26.6 Å². The lowest BCUT2D eigenvalue weighted by Gasteiger charge is -2.29. The number of rotatable bonds is 7. The minimum absolute atomic E-state index is 0.0633. The first kappa shape index (κ1) is 27.7. The molecule has 4 aromatic heterocycles. The molecule has 1 atom stereocenters. The molecule has 0 radical (unpaired) electrons. The molecule has 0 saturated carbocycles. The Morgan fingerprint density at radius 2 is 1.92 bits per heavy atom. The van der Waals surface area contributed by atoms with Gasteiger partial charge in [-0.1, -0.05) is 11.6 Å². The van der Waals surface area contributed by atoms with Crippen LogP contribution in [0.2, 0.25) is 5.02 Å². The molecule has 0 fully saturated rings. The summed E-state index contributed by atoms with van der Waals surface area (Å²) in [6.45, 7) is 13.7. The van der Waals surface area contributed by atoms with Gasteiger partial charge in [-0.3, -0.25) is 9.67 Å². The molecule has 0 amide bonds. The molecule has 0 bridgehead atoms. The van der Waals surface area contributed by atoms with Crippen molar-refractivity contribution in [2.24, 2.45) is 7.05 Å². The van der Waals surface area contributed by atoms with Crippen LogP contribution >= 0.6 is 11.6 Å². The summed E-state index contributed by atoms with van der Waals surface area (Å²) in [6.07, 6.45) is 3.98. The third-order valence-electron chi connectivity index (χ3n) is 6.36. The molecule has 202 valence electrons. The molecule has 0 aliphatic heterocycles. The van der Waals surface area contributed by atoms with Gasteiger partial charge in [0.15, 0.2) is 11.9 Å². The van der Waals surface area contributed by atoms with Crippen LogP contribution in [0.3, 0.4) is 0 Å². The number of hydrogen-bond acceptors (Lipinski definition) is 6. The number of aryl methyl sites for hydroxylation is 3. The van der Waals surface area contributed by atoms with Crippen molar-refractivity contribution in [3.63, 3.8) is 0 Å². The quantitative estimate of drug-likeness (QED) is 0.266. The van der Waals surface area contributed by atoms with Crippen LogP contribution in [-0.2, 0) is 27.9 Å². The van der Waals surface area contributed by atoms with Crippen LogP contribution in [0.25, 0.3) is 22.3 Å². The van der Waals surface area contributed by atoms with E-state index in [1.54, 1.807) is 24.7 Å². The molecule has 4 rings (SSSR count). The maximum atomic E-state index is 15.6. The monoisotopic (exact) mass is 541 g/mol. The minimum Gasteiger partial charge on any atom is -0.464 e. The maximum absolute atomic E-state index is 15.6.